The minimum Gasteiger partial charge on any atom is -0.373 e. The van der Waals surface area contributed by atoms with Gasteiger partial charge >= 0.3 is 0 Å². The molecule has 1 aromatic rings. The average molecular weight is 269 g/mol. The van der Waals surface area contributed by atoms with Crippen molar-refractivity contribution in [2.45, 2.75) is 37.1 Å². The van der Waals surface area contributed by atoms with Crippen LogP contribution in [-0.2, 0) is 10.0 Å². The van der Waals surface area contributed by atoms with Crippen molar-refractivity contribution in [3.63, 3.8) is 0 Å². The Morgan fingerprint density at radius 2 is 2.11 bits per heavy atom. The van der Waals surface area contributed by atoms with Gasteiger partial charge in [-0.1, -0.05) is 0 Å². The van der Waals surface area contributed by atoms with Crippen LogP contribution in [0, 0.1) is 0 Å². The first kappa shape index (κ1) is 13.3. The molecule has 6 heteroatoms. The smallest absolute Gasteiger partial charge is 0.245 e. The molecule has 0 aliphatic carbocycles. The lowest BCUT2D eigenvalue weighted by Crippen LogP contribution is -2.42. The van der Waals surface area contributed by atoms with E-state index in [1.165, 1.54) is 6.20 Å². The zero-order chi connectivity index (χ0) is 13.4. The van der Waals surface area contributed by atoms with E-state index < -0.39 is 10.0 Å². The van der Waals surface area contributed by atoms with E-state index in [1.807, 2.05) is 13.8 Å². The Balaban J connectivity index is 2.36. The number of nitrogens with one attached hydrogen (secondary N) is 1. The first-order chi connectivity index (χ1) is 8.38. The van der Waals surface area contributed by atoms with Gasteiger partial charge in [0.2, 0.25) is 10.0 Å². The molecular weight excluding hydrogens is 250 g/mol. The third kappa shape index (κ3) is 2.22. The van der Waals surface area contributed by atoms with Crippen molar-refractivity contribution in [2.24, 2.45) is 0 Å². The summed E-state index contributed by atoms with van der Waals surface area (Å²) in [7, 11) is -1.68. The minimum absolute atomic E-state index is 0.261. The van der Waals surface area contributed by atoms with E-state index in [2.05, 4.69) is 10.3 Å². The molecule has 1 aliphatic heterocycles. The first-order valence-electron chi connectivity index (χ1n) is 6.04. The maximum atomic E-state index is 12.5. The predicted molar refractivity (Wildman–Crippen MR) is 71.0 cm³/mol. The quantitative estimate of drug-likeness (QED) is 0.907. The molecule has 0 spiro atoms. The monoisotopic (exact) mass is 269 g/mol. The van der Waals surface area contributed by atoms with Crippen LogP contribution in [0.25, 0.3) is 0 Å². The SMILES string of the molecule is CNc1ccc(S(=O)(=O)N2CCCC2(C)C)cn1. The molecule has 1 saturated heterocycles. The van der Waals surface area contributed by atoms with Crippen LogP contribution in [-0.4, -0.2) is 36.8 Å². The molecule has 2 rings (SSSR count). The Labute approximate surface area is 108 Å². The molecule has 0 radical (unpaired) electrons. The maximum Gasteiger partial charge on any atom is 0.245 e. The molecule has 18 heavy (non-hydrogen) atoms. The number of hydrogen-bond acceptors (Lipinski definition) is 4. The second-order valence-electron chi connectivity index (χ2n) is 5.12. The van der Waals surface area contributed by atoms with Crippen LogP contribution < -0.4 is 5.32 Å². The Hall–Kier alpha value is -1.14. The highest BCUT2D eigenvalue weighted by Crippen LogP contribution is 2.33. The molecule has 0 saturated carbocycles. The third-order valence-corrected chi connectivity index (χ3v) is 5.50. The fourth-order valence-corrected chi connectivity index (χ4v) is 4.13. The lowest BCUT2D eigenvalue weighted by Gasteiger charge is -2.30. The van der Waals surface area contributed by atoms with E-state index in [-0.39, 0.29) is 10.4 Å². The molecule has 2 heterocycles. The molecular formula is C12H19N3O2S. The van der Waals surface area contributed by atoms with Crippen molar-refractivity contribution in [3.05, 3.63) is 18.3 Å². The summed E-state index contributed by atoms with van der Waals surface area (Å²) in [4.78, 5) is 4.33. The van der Waals surface area contributed by atoms with Gasteiger partial charge in [-0.3, -0.25) is 0 Å². The second-order valence-corrected chi connectivity index (χ2v) is 6.98. The van der Waals surface area contributed by atoms with Crippen molar-refractivity contribution in [1.82, 2.24) is 9.29 Å². The topological polar surface area (TPSA) is 62.3 Å². The van der Waals surface area contributed by atoms with Gasteiger partial charge in [0.15, 0.2) is 0 Å². The third-order valence-electron chi connectivity index (χ3n) is 3.41. The standard InChI is InChI=1S/C12H19N3O2S/c1-12(2)7-4-8-15(12)18(16,17)10-5-6-11(13-3)14-9-10/h5-6,9H,4,7-8H2,1-3H3,(H,13,14). The van der Waals surface area contributed by atoms with Crippen LogP contribution in [0.1, 0.15) is 26.7 Å². The number of anilines is 1. The molecule has 1 fully saturated rings. The summed E-state index contributed by atoms with van der Waals surface area (Å²) in [5, 5.41) is 2.87. The number of sulfonamides is 1. The highest BCUT2D eigenvalue weighted by molar-refractivity contribution is 7.89. The second kappa shape index (κ2) is 4.51. The maximum absolute atomic E-state index is 12.5. The van der Waals surface area contributed by atoms with E-state index in [1.54, 1.807) is 23.5 Å². The van der Waals surface area contributed by atoms with E-state index in [9.17, 15) is 8.42 Å². The number of pyridine rings is 1. The van der Waals surface area contributed by atoms with E-state index in [0.717, 1.165) is 12.8 Å². The Morgan fingerprint density at radius 3 is 2.56 bits per heavy atom. The number of aromatic nitrogens is 1. The molecule has 0 unspecified atom stereocenters. The van der Waals surface area contributed by atoms with Gasteiger partial charge in [-0.15, -0.1) is 0 Å². The fraction of sp³-hybridized carbons (Fsp3) is 0.583. The summed E-state index contributed by atoms with van der Waals surface area (Å²) in [6.45, 7) is 4.52. The summed E-state index contributed by atoms with van der Waals surface area (Å²) in [5.41, 5.74) is -0.305. The minimum atomic E-state index is -3.43. The Kier molecular flexibility index (Phi) is 3.33. The molecule has 5 nitrogen and oxygen atoms in total. The highest BCUT2D eigenvalue weighted by atomic mass is 32.2. The van der Waals surface area contributed by atoms with E-state index in [0.29, 0.717) is 12.4 Å². The summed E-state index contributed by atoms with van der Waals surface area (Å²) in [6.07, 6.45) is 3.22. The van der Waals surface area contributed by atoms with Gasteiger partial charge in [0.1, 0.15) is 10.7 Å². The van der Waals surface area contributed by atoms with Crippen molar-refractivity contribution in [3.8, 4) is 0 Å². The zero-order valence-electron chi connectivity index (χ0n) is 11.0. The van der Waals surface area contributed by atoms with Gasteiger partial charge in [-0.05, 0) is 38.8 Å². The summed E-state index contributed by atoms with van der Waals surface area (Å²) < 4.78 is 26.6. The molecule has 1 aliphatic rings. The van der Waals surface area contributed by atoms with Gasteiger partial charge < -0.3 is 5.32 Å². The number of nitrogens with zero attached hydrogens (tertiary/aromatic N) is 2. The van der Waals surface area contributed by atoms with Gasteiger partial charge in [0.05, 0.1) is 0 Å². The number of hydrogen-bond donors (Lipinski definition) is 1. The van der Waals surface area contributed by atoms with Crippen LogP contribution in [0.3, 0.4) is 0 Å². The molecule has 0 aromatic carbocycles. The van der Waals surface area contributed by atoms with Gasteiger partial charge in [-0.25, -0.2) is 13.4 Å². The summed E-state index contributed by atoms with van der Waals surface area (Å²) in [5.74, 6) is 0.662. The normalized spacial score (nSPS) is 19.9. The van der Waals surface area contributed by atoms with Crippen LogP contribution in [0.5, 0.6) is 0 Å². The van der Waals surface area contributed by atoms with Crippen LogP contribution in [0.2, 0.25) is 0 Å². The van der Waals surface area contributed by atoms with Gasteiger partial charge in [0.25, 0.3) is 0 Å². The number of rotatable bonds is 3. The van der Waals surface area contributed by atoms with Crippen molar-refractivity contribution >= 4 is 15.8 Å². The molecule has 0 atom stereocenters. The predicted octanol–water partition coefficient (Wildman–Crippen LogP) is 1.69. The van der Waals surface area contributed by atoms with Crippen molar-refractivity contribution in [1.29, 1.82) is 0 Å². The summed E-state index contributed by atoms with van der Waals surface area (Å²) >= 11 is 0. The molecule has 1 N–H and O–H groups in total. The lowest BCUT2D eigenvalue weighted by atomic mass is 10.0. The van der Waals surface area contributed by atoms with Crippen molar-refractivity contribution in [2.75, 3.05) is 18.9 Å². The molecule has 100 valence electrons. The fourth-order valence-electron chi connectivity index (χ4n) is 2.34. The average Bonchev–Trinajstić information content (AvgIpc) is 2.69. The van der Waals surface area contributed by atoms with E-state index in [4.69, 9.17) is 0 Å². The van der Waals surface area contributed by atoms with Crippen molar-refractivity contribution < 1.29 is 8.42 Å². The Bertz CT molecular complexity index is 523. The van der Waals surface area contributed by atoms with Crippen LogP contribution in [0.15, 0.2) is 23.2 Å². The molecule has 1 aromatic heterocycles. The largest absolute Gasteiger partial charge is 0.373 e. The van der Waals surface area contributed by atoms with Crippen LogP contribution in [0.4, 0.5) is 5.82 Å². The van der Waals surface area contributed by atoms with E-state index >= 15 is 0 Å². The lowest BCUT2D eigenvalue weighted by molar-refractivity contribution is 0.291. The molecule has 0 amide bonds. The van der Waals surface area contributed by atoms with Crippen LogP contribution >= 0.6 is 0 Å². The highest BCUT2D eigenvalue weighted by Gasteiger charge is 2.40. The van der Waals surface area contributed by atoms with Gasteiger partial charge in [0, 0.05) is 25.3 Å². The summed E-state index contributed by atoms with van der Waals surface area (Å²) in [6, 6.07) is 3.28. The first-order valence-corrected chi connectivity index (χ1v) is 7.48. The Morgan fingerprint density at radius 1 is 1.39 bits per heavy atom. The molecule has 0 bridgehead atoms. The van der Waals surface area contributed by atoms with Gasteiger partial charge in [-0.2, -0.15) is 4.31 Å². The zero-order valence-corrected chi connectivity index (χ0v) is 11.8.